The number of nitrogens with two attached hydrogens (primary N) is 1. The van der Waals surface area contributed by atoms with E-state index in [1.807, 2.05) is 6.92 Å². The third-order valence-electron chi connectivity index (χ3n) is 6.18. The number of alkyl halides is 3. The number of aliphatic imine (C=N–C) groups is 1. The first-order valence-corrected chi connectivity index (χ1v) is 11.5. The SMILES string of the molecule is COC[C@]12C[C@H]1[C@](C)(c1cc(NC(=O)c3ncc(OCC(F)(F)F)cc3C)ccc1F)N=C(N)S2. The number of benzene rings is 1. The molecule has 12 heteroatoms. The molecule has 1 aromatic heterocycles. The van der Waals surface area contributed by atoms with Crippen molar-refractivity contribution in [3.63, 3.8) is 0 Å². The molecule has 3 N–H and O–H groups in total. The smallest absolute Gasteiger partial charge is 0.422 e. The molecule has 35 heavy (non-hydrogen) atoms. The lowest BCUT2D eigenvalue weighted by atomic mass is 9.85. The summed E-state index contributed by atoms with van der Waals surface area (Å²) in [4.78, 5) is 21.3. The zero-order chi connectivity index (χ0) is 25.6. The number of carbonyl (C=O) groups excluding carboxylic acids is 1. The first-order valence-electron chi connectivity index (χ1n) is 10.7. The molecule has 0 unspecified atom stereocenters. The van der Waals surface area contributed by atoms with Crippen molar-refractivity contribution in [3.8, 4) is 5.75 Å². The molecule has 2 heterocycles. The van der Waals surface area contributed by atoms with Crippen LogP contribution in [-0.2, 0) is 10.3 Å². The molecular formula is C23H24F4N4O3S. The van der Waals surface area contributed by atoms with Crippen LogP contribution >= 0.6 is 11.8 Å². The predicted molar refractivity (Wildman–Crippen MR) is 124 cm³/mol. The molecule has 1 aliphatic heterocycles. The molecule has 1 amide bonds. The van der Waals surface area contributed by atoms with E-state index in [-0.39, 0.29) is 22.1 Å². The van der Waals surface area contributed by atoms with Gasteiger partial charge in [-0.25, -0.2) is 9.37 Å². The number of aryl methyl sites for hydroxylation is 1. The van der Waals surface area contributed by atoms with Crippen LogP contribution in [0.4, 0.5) is 23.2 Å². The lowest BCUT2D eigenvalue weighted by Crippen LogP contribution is -2.37. The average Bonchev–Trinajstić information content (AvgIpc) is 3.48. The Morgan fingerprint density at radius 3 is 2.74 bits per heavy atom. The van der Waals surface area contributed by atoms with Crippen LogP contribution in [0, 0.1) is 18.7 Å². The lowest BCUT2D eigenvalue weighted by molar-refractivity contribution is -0.153. The molecule has 2 aromatic rings. The highest BCUT2D eigenvalue weighted by Gasteiger charge is 2.66. The number of nitrogens with zero attached hydrogens (tertiary/aromatic N) is 2. The monoisotopic (exact) mass is 512 g/mol. The molecule has 7 nitrogen and oxygen atoms in total. The Morgan fingerprint density at radius 1 is 1.34 bits per heavy atom. The van der Waals surface area contributed by atoms with Gasteiger partial charge in [0.2, 0.25) is 0 Å². The number of pyridine rings is 1. The van der Waals surface area contributed by atoms with Crippen molar-refractivity contribution >= 4 is 28.5 Å². The van der Waals surface area contributed by atoms with Gasteiger partial charge in [-0.15, -0.1) is 0 Å². The van der Waals surface area contributed by atoms with Gasteiger partial charge in [-0.1, -0.05) is 11.8 Å². The number of aromatic nitrogens is 1. The second-order valence-corrected chi connectivity index (χ2v) is 10.3. The number of nitrogens with one attached hydrogen (secondary N) is 1. The van der Waals surface area contributed by atoms with Gasteiger partial charge in [0.15, 0.2) is 11.8 Å². The fraction of sp³-hybridized carbons (Fsp3) is 0.435. The molecule has 1 aromatic carbocycles. The average molecular weight is 513 g/mol. The van der Waals surface area contributed by atoms with E-state index in [1.54, 1.807) is 7.11 Å². The van der Waals surface area contributed by atoms with Crippen molar-refractivity contribution in [3.05, 3.63) is 53.1 Å². The highest BCUT2D eigenvalue weighted by Crippen LogP contribution is 2.66. The Hall–Kier alpha value is -2.86. The second kappa shape index (κ2) is 8.98. The summed E-state index contributed by atoms with van der Waals surface area (Å²) in [6, 6.07) is 5.48. The molecule has 3 atom stereocenters. The number of rotatable bonds is 7. The van der Waals surface area contributed by atoms with Crippen LogP contribution in [-0.4, -0.2) is 47.3 Å². The normalized spacial score (nSPS) is 25.5. The van der Waals surface area contributed by atoms with Crippen LogP contribution in [0.15, 0.2) is 35.5 Å². The minimum Gasteiger partial charge on any atom is -0.482 e. The number of methoxy groups -OCH3 is 1. The summed E-state index contributed by atoms with van der Waals surface area (Å²) in [7, 11) is 1.60. The summed E-state index contributed by atoms with van der Waals surface area (Å²) in [6.45, 7) is 2.34. The third kappa shape index (κ3) is 5.08. The molecule has 1 fully saturated rings. The summed E-state index contributed by atoms with van der Waals surface area (Å²) < 4.78 is 61.8. The Morgan fingerprint density at radius 2 is 2.09 bits per heavy atom. The van der Waals surface area contributed by atoms with E-state index in [2.05, 4.69) is 20.0 Å². The van der Waals surface area contributed by atoms with E-state index in [0.717, 1.165) is 12.6 Å². The van der Waals surface area contributed by atoms with Gasteiger partial charge in [0.1, 0.15) is 17.3 Å². The minimum atomic E-state index is -4.49. The molecule has 188 valence electrons. The van der Waals surface area contributed by atoms with Crippen molar-refractivity contribution in [1.29, 1.82) is 0 Å². The third-order valence-corrected chi connectivity index (χ3v) is 7.46. The van der Waals surface area contributed by atoms with Gasteiger partial charge in [0.05, 0.1) is 23.1 Å². The van der Waals surface area contributed by atoms with E-state index in [1.165, 1.54) is 43.0 Å². The van der Waals surface area contributed by atoms with Gasteiger partial charge in [0.25, 0.3) is 5.91 Å². The highest BCUT2D eigenvalue weighted by atomic mass is 32.2. The van der Waals surface area contributed by atoms with Crippen molar-refractivity contribution in [2.45, 2.75) is 36.7 Å². The number of halogens is 4. The molecule has 1 aliphatic carbocycles. The second-order valence-electron chi connectivity index (χ2n) is 8.84. The summed E-state index contributed by atoms with van der Waals surface area (Å²) in [5.74, 6) is -1.19. The lowest BCUT2D eigenvalue weighted by Gasteiger charge is -2.34. The molecule has 0 saturated heterocycles. The number of thioether (sulfide) groups is 1. The van der Waals surface area contributed by atoms with E-state index in [9.17, 15) is 22.4 Å². The molecule has 4 rings (SSSR count). The molecule has 0 radical (unpaired) electrons. The van der Waals surface area contributed by atoms with Gasteiger partial charge < -0.3 is 20.5 Å². The fourth-order valence-electron chi connectivity index (χ4n) is 4.54. The first kappa shape index (κ1) is 25.2. The molecular weight excluding hydrogens is 488 g/mol. The standard InChI is InChI=1S/C23H24F4N4O3S/c1-12-6-14(34-11-23(25,26)27)9-29-18(12)19(32)30-13-4-5-16(24)15(7-13)21(2)17-8-22(17,10-33-3)35-20(28)31-21/h4-7,9,17H,8,10-11H2,1-3H3,(H2,28,31)(H,30,32)/t17-,21-,22+/m0/s1. The number of fused-ring (bicyclic) bond motifs is 1. The first-order chi connectivity index (χ1) is 16.4. The zero-order valence-electron chi connectivity index (χ0n) is 19.2. The minimum absolute atomic E-state index is 0.000792. The number of amidine groups is 1. The van der Waals surface area contributed by atoms with Crippen LogP contribution in [0.2, 0.25) is 0 Å². The summed E-state index contributed by atoms with van der Waals surface area (Å²) >= 11 is 1.44. The van der Waals surface area contributed by atoms with E-state index in [4.69, 9.17) is 10.5 Å². The highest BCUT2D eigenvalue weighted by molar-refractivity contribution is 8.15. The van der Waals surface area contributed by atoms with Gasteiger partial charge in [0, 0.05) is 24.3 Å². The van der Waals surface area contributed by atoms with Crippen molar-refractivity contribution in [2.75, 3.05) is 25.6 Å². The number of hydrogen-bond acceptors (Lipinski definition) is 7. The topological polar surface area (TPSA) is 98.8 Å². The predicted octanol–water partition coefficient (Wildman–Crippen LogP) is 4.40. The van der Waals surface area contributed by atoms with Gasteiger partial charge >= 0.3 is 6.18 Å². The Labute approximate surface area is 203 Å². The number of hydrogen-bond donors (Lipinski definition) is 2. The van der Waals surface area contributed by atoms with Crippen LogP contribution < -0.4 is 15.8 Å². The van der Waals surface area contributed by atoms with Crippen molar-refractivity contribution in [2.24, 2.45) is 16.6 Å². The van der Waals surface area contributed by atoms with Crippen LogP contribution in [0.3, 0.4) is 0 Å². The maximum Gasteiger partial charge on any atom is 0.422 e. The summed E-state index contributed by atoms with van der Waals surface area (Å²) in [6.07, 6.45) is -2.69. The Balaban J connectivity index is 1.55. The maximum absolute atomic E-state index is 15.0. The van der Waals surface area contributed by atoms with Gasteiger partial charge in [-0.2, -0.15) is 13.2 Å². The maximum atomic E-state index is 15.0. The number of amides is 1. The van der Waals surface area contributed by atoms with Gasteiger partial charge in [-0.05, 0) is 50.1 Å². The quantitative estimate of drug-likeness (QED) is 0.534. The molecule has 2 aliphatic rings. The fourth-order valence-corrected chi connectivity index (χ4v) is 5.99. The van der Waals surface area contributed by atoms with Crippen LogP contribution in [0.5, 0.6) is 5.75 Å². The van der Waals surface area contributed by atoms with E-state index < -0.39 is 30.0 Å². The largest absolute Gasteiger partial charge is 0.482 e. The molecule has 1 saturated carbocycles. The molecule has 0 spiro atoms. The zero-order valence-corrected chi connectivity index (χ0v) is 20.0. The van der Waals surface area contributed by atoms with Crippen molar-refractivity contribution in [1.82, 2.24) is 4.98 Å². The van der Waals surface area contributed by atoms with E-state index in [0.29, 0.717) is 28.6 Å². The Kier molecular flexibility index (Phi) is 6.47. The van der Waals surface area contributed by atoms with Gasteiger partial charge in [-0.3, -0.25) is 9.79 Å². The molecule has 0 bridgehead atoms. The van der Waals surface area contributed by atoms with Crippen LogP contribution in [0.1, 0.15) is 35.0 Å². The van der Waals surface area contributed by atoms with Crippen molar-refractivity contribution < 1.29 is 31.8 Å². The number of carbonyl (C=O) groups is 1. The summed E-state index contributed by atoms with van der Waals surface area (Å²) in [5, 5.41) is 3.02. The van der Waals surface area contributed by atoms with E-state index >= 15 is 0 Å². The Bertz CT molecular complexity index is 1190. The van der Waals surface area contributed by atoms with Crippen LogP contribution in [0.25, 0.3) is 0 Å². The summed E-state index contributed by atoms with van der Waals surface area (Å²) in [5.41, 5.74) is 6.07. The number of ether oxygens (including phenoxy) is 2. The number of anilines is 1.